The highest BCUT2D eigenvalue weighted by Crippen LogP contribution is 2.37. The summed E-state index contributed by atoms with van der Waals surface area (Å²) in [4.78, 5) is 0. The van der Waals surface area contributed by atoms with Gasteiger partial charge in [-0.1, -0.05) is 13.0 Å². The Labute approximate surface area is 92.5 Å². The number of rotatable bonds is 0. The number of hydrogen-bond acceptors (Lipinski definition) is 1. The average molecular weight is 204 g/mol. The summed E-state index contributed by atoms with van der Waals surface area (Å²) in [6.07, 6.45) is 1.50. The molecule has 1 aromatic rings. The molecular weight excluding hydrogens is 184 g/mol. The highest BCUT2D eigenvalue weighted by Gasteiger charge is 2.26. The second-order valence-electron chi connectivity index (χ2n) is 4.95. The lowest BCUT2D eigenvalue weighted by Crippen LogP contribution is -2.29. The molecule has 1 aliphatic heterocycles. The molecule has 1 heteroatoms. The van der Waals surface area contributed by atoms with E-state index in [0.717, 1.165) is 12.2 Å². The summed E-state index contributed by atoms with van der Waals surface area (Å²) < 4.78 is 6.04. The molecule has 2 rings (SSSR count). The quantitative estimate of drug-likeness (QED) is 0.627. The molecule has 0 bridgehead atoms. The Morgan fingerprint density at radius 1 is 1.13 bits per heavy atom. The van der Waals surface area contributed by atoms with Crippen molar-refractivity contribution < 1.29 is 4.74 Å². The van der Waals surface area contributed by atoms with Crippen molar-refractivity contribution in [2.45, 2.75) is 47.1 Å². The summed E-state index contributed by atoms with van der Waals surface area (Å²) >= 11 is 0. The molecule has 1 aromatic carbocycles. The molecular formula is C14H20O. The van der Waals surface area contributed by atoms with Gasteiger partial charge in [0, 0.05) is 0 Å². The average Bonchev–Trinajstić information content (AvgIpc) is 2.18. The van der Waals surface area contributed by atoms with Crippen LogP contribution in [0.25, 0.3) is 0 Å². The lowest BCUT2D eigenvalue weighted by molar-refractivity contribution is 0.138. The Bertz CT molecular complexity index is 393. The smallest absolute Gasteiger partial charge is 0.126 e. The second-order valence-corrected chi connectivity index (χ2v) is 4.95. The Kier molecular flexibility index (Phi) is 2.49. The summed E-state index contributed by atoms with van der Waals surface area (Å²) in [6, 6.07) is 2.28. The molecule has 1 heterocycles. The summed E-state index contributed by atoms with van der Waals surface area (Å²) in [5, 5.41) is 0. The lowest BCUT2D eigenvalue weighted by atomic mass is 9.88. The summed E-state index contributed by atoms with van der Waals surface area (Å²) in [5.74, 6) is 1.77. The standard InChI is InChI=1S/C14H20O/c1-8-6-10(3)13-7-9(2)12(5)15-14(13)11(8)4/h6,9,12H,7H2,1-5H3. The van der Waals surface area contributed by atoms with Gasteiger partial charge in [0.05, 0.1) is 6.10 Å². The molecule has 1 nitrogen and oxygen atoms in total. The molecule has 1 aliphatic rings. The molecule has 0 spiro atoms. The summed E-state index contributed by atoms with van der Waals surface area (Å²) in [7, 11) is 0. The molecule has 0 saturated heterocycles. The first-order chi connectivity index (χ1) is 7.00. The molecule has 0 saturated carbocycles. The van der Waals surface area contributed by atoms with Gasteiger partial charge in [-0.05, 0) is 62.3 Å². The fourth-order valence-electron chi connectivity index (χ4n) is 2.31. The molecule has 15 heavy (non-hydrogen) atoms. The van der Waals surface area contributed by atoms with Gasteiger partial charge in [0.25, 0.3) is 0 Å². The number of ether oxygens (including phenoxy) is 1. The van der Waals surface area contributed by atoms with E-state index in [0.29, 0.717) is 12.0 Å². The molecule has 0 N–H and O–H groups in total. The minimum absolute atomic E-state index is 0.345. The number of fused-ring (bicyclic) bond motifs is 1. The van der Waals surface area contributed by atoms with Crippen molar-refractivity contribution >= 4 is 0 Å². The predicted octanol–water partition coefficient (Wildman–Crippen LogP) is 3.57. The van der Waals surface area contributed by atoms with Crippen molar-refractivity contribution in [1.29, 1.82) is 0 Å². The van der Waals surface area contributed by atoms with Crippen LogP contribution in [-0.4, -0.2) is 6.10 Å². The lowest BCUT2D eigenvalue weighted by Gasteiger charge is -2.32. The van der Waals surface area contributed by atoms with Crippen LogP contribution in [0.1, 0.15) is 36.1 Å². The van der Waals surface area contributed by atoms with Crippen molar-refractivity contribution in [1.82, 2.24) is 0 Å². The number of hydrogen-bond donors (Lipinski definition) is 0. The van der Waals surface area contributed by atoms with E-state index in [1.54, 1.807) is 0 Å². The van der Waals surface area contributed by atoms with Gasteiger partial charge in [-0.15, -0.1) is 0 Å². The molecule has 2 atom stereocenters. The van der Waals surface area contributed by atoms with E-state index in [1.807, 2.05) is 0 Å². The fourth-order valence-corrected chi connectivity index (χ4v) is 2.31. The van der Waals surface area contributed by atoms with E-state index in [-0.39, 0.29) is 0 Å². The van der Waals surface area contributed by atoms with Crippen LogP contribution in [0, 0.1) is 26.7 Å². The van der Waals surface area contributed by atoms with Crippen LogP contribution in [0.15, 0.2) is 6.07 Å². The van der Waals surface area contributed by atoms with Gasteiger partial charge < -0.3 is 4.74 Å². The first kappa shape index (κ1) is 10.5. The first-order valence-electron chi connectivity index (χ1n) is 5.77. The Balaban J connectivity index is 2.56. The number of aryl methyl sites for hydroxylation is 2. The van der Waals surface area contributed by atoms with Gasteiger partial charge >= 0.3 is 0 Å². The zero-order chi connectivity index (χ0) is 11.2. The SMILES string of the molecule is Cc1cc(C)c2c(c1C)OC(C)C(C)C2. The third-order valence-corrected chi connectivity index (χ3v) is 3.75. The molecule has 82 valence electrons. The van der Waals surface area contributed by atoms with Crippen LogP contribution in [0.3, 0.4) is 0 Å². The van der Waals surface area contributed by atoms with Crippen LogP contribution in [-0.2, 0) is 6.42 Å². The normalized spacial score (nSPS) is 24.6. The van der Waals surface area contributed by atoms with Crippen molar-refractivity contribution in [2.75, 3.05) is 0 Å². The van der Waals surface area contributed by atoms with Crippen molar-refractivity contribution in [3.05, 3.63) is 28.3 Å². The van der Waals surface area contributed by atoms with Gasteiger partial charge in [-0.3, -0.25) is 0 Å². The van der Waals surface area contributed by atoms with Gasteiger partial charge in [-0.2, -0.15) is 0 Å². The molecule has 0 radical (unpaired) electrons. The van der Waals surface area contributed by atoms with E-state index in [1.165, 1.54) is 22.3 Å². The number of benzene rings is 1. The van der Waals surface area contributed by atoms with Gasteiger partial charge in [0.2, 0.25) is 0 Å². The van der Waals surface area contributed by atoms with E-state index in [4.69, 9.17) is 4.74 Å². The zero-order valence-electron chi connectivity index (χ0n) is 10.3. The minimum Gasteiger partial charge on any atom is -0.490 e. The summed E-state index contributed by atoms with van der Waals surface area (Å²) in [5.41, 5.74) is 5.46. The van der Waals surface area contributed by atoms with E-state index in [9.17, 15) is 0 Å². The largest absolute Gasteiger partial charge is 0.490 e. The highest BCUT2D eigenvalue weighted by molar-refractivity contribution is 5.50. The topological polar surface area (TPSA) is 9.23 Å². The van der Waals surface area contributed by atoms with Crippen molar-refractivity contribution in [2.24, 2.45) is 5.92 Å². The summed E-state index contributed by atoms with van der Waals surface area (Å²) in [6.45, 7) is 11.0. The van der Waals surface area contributed by atoms with Crippen molar-refractivity contribution in [3.63, 3.8) is 0 Å². The zero-order valence-corrected chi connectivity index (χ0v) is 10.3. The fraction of sp³-hybridized carbons (Fsp3) is 0.571. The Hall–Kier alpha value is -0.980. The second kappa shape index (κ2) is 3.55. The first-order valence-corrected chi connectivity index (χ1v) is 5.77. The maximum atomic E-state index is 6.04. The van der Waals surface area contributed by atoms with Gasteiger partial charge in [0.15, 0.2) is 0 Å². The Morgan fingerprint density at radius 3 is 2.47 bits per heavy atom. The molecule has 0 amide bonds. The van der Waals surface area contributed by atoms with Gasteiger partial charge in [0.1, 0.15) is 5.75 Å². The van der Waals surface area contributed by atoms with Crippen molar-refractivity contribution in [3.8, 4) is 5.75 Å². The maximum Gasteiger partial charge on any atom is 0.126 e. The van der Waals surface area contributed by atoms with E-state index < -0.39 is 0 Å². The van der Waals surface area contributed by atoms with Crippen LogP contribution < -0.4 is 4.74 Å². The molecule has 0 aromatic heterocycles. The third kappa shape index (κ3) is 1.64. The molecule has 0 fully saturated rings. The van der Waals surface area contributed by atoms with Crippen LogP contribution in [0.2, 0.25) is 0 Å². The molecule has 2 unspecified atom stereocenters. The van der Waals surface area contributed by atoms with Crippen LogP contribution in [0.4, 0.5) is 0 Å². The predicted molar refractivity (Wildman–Crippen MR) is 63.6 cm³/mol. The van der Waals surface area contributed by atoms with Crippen LogP contribution in [0.5, 0.6) is 5.75 Å². The third-order valence-electron chi connectivity index (χ3n) is 3.75. The van der Waals surface area contributed by atoms with E-state index in [2.05, 4.69) is 40.7 Å². The monoisotopic (exact) mass is 204 g/mol. The maximum absolute atomic E-state index is 6.04. The van der Waals surface area contributed by atoms with Gasteiger partial charge in [-0.25, -0.2) is 0 Å². The Morgan fingerprint density at radius 2 is 1.80 bits per heavy atom. The minimum atomic E-state index is 0.345. The highest BCUT2D eigenvalue weighted by atomic mass is 16.5. The molecule has 0 aliphatic carbocycles. The van der Waals surface area contributed by atoms with Crippen LogP contribution >= 0.6 is 0 Å². The van der Waals surface area contributed by atoms with E-state index >= 15 is 0 Å².